The van der Waals surface area contributed by atoms with Crippen LogP contribution in [0.3, 0.4) is 0 Å². The maximum atomic E-state index is 5.28. The number of allylic oxidation sites excluding steroid dienone is 4. The van der Waals surface area contributed by atoms with Gasteiger partial charge in [-0.3, -0.25) is 4.57 Å². The van der Waals surface area contributed by atoms with E-state index in [9.17, 15) is 0 Å². The molecule has 0 fully saturated rings. The average Bonchev–Trinajstić information content (AvgIpc) is 3.88. The molecular formula is C45H30N6. The lowest BCUT2D eigenvalue weighted by Gasteiger charge is -2.13. The van der Waals surface area contributed by atoms with E-state index >= 15 is 0 Å². The van der Waals surface area contributed by atoms with Gasteiger partial charge in [0.05, 0.1) is 50.7 Å². The van der Waals surface area contributed by atoms with E-state index in [1.807, 2.05) is 18.3 Å². The van der Waals surface area contributed by atoms with Gasteiger partial charge < -0.3 is 4.57 Å². The van der Waals surface area contributed by atoms with Gasteiger partial charge in [0, 0.05) is 43.6 Å². The van der Waals surface area contributed by atoms with E-state index in [0.29, 0.717) is 5.95 Å². The summed E-state index contributed by atoms with van der Waals surface area (Å²) >= 11 is 0. The highest BCUT2D eigenvalue weighted by Crippen LogP contribution is 2.39. The van der Waals surface area contributed by atoms with Gasteiger partial charge in [-0.1, -0.05) is 103 Å². The van der Waals surface area contributed by atoms with Gasteiger partial charge in [0.15, 0.2) is 0 Å². The second kappa shape index (κ2) is 10.9. The number of aromatic nitrogens is 6. The summed E-state index contributed by atoms with van der Waals surface area (Å²) in [6.45, 7) is 0. The Hall–Kier alpha value is -6.79. The third-order valence-corrected chi connectivity index (χ3v) is 10.4. The molecule has 1 aliphatic carbocycles. The van der Waals surface area contributed by atoms with E-state index in [-0.39, 0.29) is 0 Å². The van der Waals surface area contributed by atoms with Crippen molar-refractivity contribution in [3.8, 4) is 22.9 Å². The maximum absolute atomic E-state index is 5.28. The van der Waals surface area contributed by atoms with Crippen molar-refractivity contribution >= 4 is 71.1 Å². The minimum atomic E-state index is 0.640. The van der Waals surface area contributed by atoms with Gasteiger partial charge in [0.2, 0.25) is 5.95 Å². The Morgan fingerprint density at radius 1 is 0.510 bits per heavy atom. The van der Waals surface area contributed by atoms with Gasteiger partial charge in [-0.25, -0.2) is 14.6 Å². The van der Waals surface area contributed by atoms with Gasteiger partial charge >= 0.3 is 0 Å². The summed E-state index contributed by atoms with van der Waals surface area (Å²) in [5, 5.41) is 12.0. The first-order valence-corrected chi connectivity index (χ1v) is 17.4. The number of para-hydroxylation sites is 3. The van der Waals surface area contributed by atoms with Crippen LogP contribution in [0.5, 0.6) is 0 Å². The highest BCUT2D eigenvalue weighted by Gasteiger charge is 2.21. The Morgan fingerprint density at radius 3 is 2.04 bits per heavy atom. The molecular weight excluding hydrogens is 625 g/mol. The van der Waals surface area contributed by atoms with Crippen LogP contribution >= 0.6 is 0 Å². The Morgan fingerprint density at radius 2 is 1.22 bits per heavy atom. The molecule has 0 saturated heterocycles. The molecule has 6 aromatic carbocycles. The van der Waals surface area contributed by atoms with Crippen molar-refractivity contribution in [1.82, 2.24) is 28.9 Å². The zero-order valence-electron chi connectivity index (χ0n) is 27.6. The smallest absolute Gasteiger partial charge is 0.235 e. The van der Waals surface area contributed by atoms with Crippen molar-refractivity contribution in [2.45, 2.75) is 12.8 Å². The molecule has 51 heavy (non-hydrogen) atoms. The van der Waals surface area contributed by atoms with Crippen molar-refractivity contribution in [2.75, 3.05) is 0 Å². The van der Waals surface area contributed by atoms with Crippen molar-refractivity contribution in [2.24, 2.45) is 0 Å². The van der Waals surface area contributed by atoms with Crippen LogP contribution in [0.2, 0.25) is 0 Å². The number of fused-ring (bicyclic) bond motifs is 9. The van der Waals surface area contributed by atoms with Crippen LogP contribution in [-0.4, -0.2) is 28.9 Å². The molecule has 0 saturated carbocycles. The van der Waals surface area contributed by atoms with Gasteiger partial charge in [-0.15, -0.1) is 0 Å². The van der Waals surface area contributed by atoms with Gasteiger partial charge in [-0.05, 0) is 61.4 Å². The third-order valence-electron chi connectivity index (χ3n) is 10.4. The Bertz CT molecular complexity index is 3080. The summed E-state index contributed by atoms with van der Waals surface area (Å²) in [5.74, 6) is 0.640. The molecule has 1 aliphatic rings. The standard InChI is InChI=1S/C45H30N6/c1-3-13-29(14-4-1)43-36-19-7-10-20-38(36)47-45(48-43)50-40-22-12-8-17-32(40)34-24-23-31(27-42(34)50)51-41-26-25-35-33-18-9-11-21-39(33)49(30-15-5-2-6-16-30)44(35)37(41)28-46-51/h1,3-5,7-28H,2,6H2. The molecule has 0 spiro atoms. The summed E-state index contributed by atoms with van der Waals surface area (Å²) in [7, 11) is 0. The molecule has 0 radical (unpaired) electrons. The zero-order chi connectivity index (χ0) is 33.5. The monoisotopic (exact) mass is 654 g/mol. The molecule has 11 rings (SSSR count). The van der Waals surface area contributed by atoms with Crippen molar-refractivity contribution in [3.05, 3.63) is 158 Å². The summed E-state index contributed by atoms with van der Waals surface area (Å²) < 4.78 is 6.69. The zero-order valence-corrected chi connectivity index (χ0v) is 27.6. The minimum absolute atomic E-state index is 0.640. The SMILES string of the molecule is C1=CC(n2c3ccccc3c3ccc4c(cnn4-c4ccc5c6ccccc6n(-c6nc(-c7ccccc7)c7ccccc7n6)c5c4)c32)=CCC1. The van der Waals surface area contributed by atoms with Gasteiger partial charge in [0.25, 0.3) is 0 Å². The number of hydrogen-bond acceptors (Lipinski definition) is 3. The fourth-order valence-electron chi connectivity index (χ4n) is 8.09. The molecule has 240 valence electrons. The number of rotatable bonds is 4. The summed E-state index contributed by atoms with van der Waals surface area (Å²) in [5.41, 5.74) is 10.6. The Kier molecular flexibility index (Phi) is 5.98. The lowest BCUT2D eigenvalue weighted by atomic mass is 10.1. The molecule has 0 bridgehead atoms. The van der Waals surface area contributed by atoms with E-state index in [2.05, 4.69) is 153 Å². The lowest BCUT2D eigenvalue weighted by Crippen LogP contribution is -2.04. The minimum Gasteiger partial charge on any atom is -0.309 e. The summed E-state index contributed by atoms with van der Waals surface area (Å²) in [4.78, 5) is 10.5. The van der Waals surface area contributed by atoms with Crippen LogP contribution in [0.4, 0.5) is 0 Å². The molecule has 4 heterocycles. The first kappa shape index (κ1) is 28.1. The first-order chi connectivity index (χ1) is 25.3. The van der Waals surface area contributed by atoms with Crippen LogP contribution in [-0.2, 0) is 0 Å². The Labute approximate surface area is 292 Å². The lowest BCUT2D eigenvalue weighted by molar-refractivity contribution is 0.910. The van der Waals surface area contributed by atoms with Gasteiger partial charge in [-0.2, -0.15) is 5.10 Å². The number of nitrogens with zero attached hydrogens (tertiary/aromatic N) is 6. The maximum Gasteiger partial charge on any atom is 0.235 e. The van der Waals surface area contributed by atoms with E-state index in [1.165, 1.54) is 27.5 Å². The highest BCUT2D eigenvalue weighted by molar-refractivity contribution is 6.19. The topological polar surface area (TPSA) is 53.5 Å². The van der Waals surface area contributed by atoms with E-state index in [0.717, 1.165) is 73.4 Å². The molecule has 4 aromatic heterocycles. The molecule has 0 aliphatic heterocycles. The highest BCUT2D eigenvalue weighted by atomic mass is 15.3. The first-order valence-electron chi connectivity index (χ1n) is 17.4. The summed E-state index contributed by atoms with van der Waals surface area (Å²) in [6, 6.07) is 46.9. The van der Waals surface area contributed by atoms with Crippen molar-refractivity contribution in [3.63, 3.8) is 0 Å². The van der Waals surface area contributed by atoms with Crippen LogP contribution < -0.4 is 0 Å². The van der Waals surface area contributed by atoms with Crippen LogP contribution in [0, 0.1) is 0 Å². The average molecular weight is 655 g/mol. The van der Waals surface area contributed by atoms with E-state index < -0.39 is 0 Å². The van der Waals surface area contributed by atoms with E-state index in [4.69, 9.17) is 15.1 Å². The van der Waals surface area contributed by atoms with Crippen LogP contribution in [0.1, 0.15) is 12.8 Å². The fourth-order valence-corrected chi connectivity index (χ4v) is 8.09. The van der Waals surface area contributed by atoms with E-state index in [1.54, 1.807) is 0 Å². The summed E-state index contributed by atoms with van der Waals surface area (Å²) in [6.07, 6.45) is 11.0. The Balaban J connectivity index is 1.16. The van der Waals surface area contributed by atoms with Gasteiger partial charge in [0.1, 0.15) is 0 Å². The predicted molar refractivity (Wildman–Crippen MR) is 210 cm³/mol. The fraction of sp³-hybridized carbons (Fsp3) is 0.0444. The number of benzene rings is 6. The third kappa shape index (κ3) is 4.14. The van der Waals surface area contributed by atoms with Crippen molar-refractivity contribution in [1.29, 1.82) is 0 Å². The molecule has 0 unspecified atom stereocenters. The molecule has 0 amide bonds. The largest absolute Gasteiger partial charge is 0.309 e. The second-order valence-corrected chi connectivity index (χ2v) is 13.2. The number of hydrogen-bond donors (Lipinski definition) is 0. The molecule has 10 aromatic rings. The molecule has 0 atom stereocenters. The predicted octanol–water partition coefficient (Wildman–Crippen LogP) is 11.0. The molecule has 6 nitrogen and oxygen atoms in total. The second-order valence-electron chi connectivity index (χ2n) is 13.2. The normalized spacial score (nSPS) is 13.4. The molecule has 0 N–H and O–H groups in total. The van der Waals surface area contributed by atoms with Crippen LogP contribution in [0.15, 0.2) is 158 Å². The molecule has 6 heteroatoms. The van der Waals surface area contributed by atoms with Crippen LogP contribution in [0.25, 0.3) is 94.0 Å². The van der Waals surface area contributed by atoms with Crippen molar-refractivity contribution < 1.29 is 0 Å². The quantitative estimate of drug-likeness (QED) is 0.190.